The maximum Gasteiger partial charge on any atom is 0.416 e. The molecule has 5 heterocycles. The lowest BCUT2D eigenvalue weighted by Gasteiger charge is -2.36. The van der Waals surface area contributed by atoms with E-state index in [1.54, 1.807) is 4.57 Å². The van der Waals surface area contributed by atoms with Gasteiger partial charge >= 0.3 is 6.18 Å². The summed E-state index contributed by atoms with van der Waals surface area (Å²) in [5, 5.41) is 20.9. The number of nitrogens with one attached hydrogen (secondary N) is 1. The second-order valence-electron chi connectivity index (χ2n) is 11.6. The molecule has 14 nitrogen and oxygen atoms in total. The number of rotatable bonds is 7. The number of halogens is 4. The Kier molecular flexibility index (Phi) is 8.69. The number of nitrogens with zero attached hydrogens (tertiary/aromatic N) is 8. The van der Waals surface area contributed by atoms with Gasteiger partial charge in [-0.3, -0.25) is 9.59 Å². The second kappa shape index (κ2) is 12.6. The molecule has 2 aliphatic rings. The number of carbonyl (C=O) groups excluding carboxylic acids is 1. The molecular formula is C29H33ClF3N9O5. The summed E-state index contributed by atoms with van der Waals surface area (Å²) < 4.78 is 53.0. The van der Waals surface area contributed by atoms with Crippen molar-refractivity contribution in [2.45, 2.75) is 52.1 Å². The lowest BCUT2D eigenvalue weighted by molar-refractivity contribution is -0.137. The molecule has 3 aromatic heterocycles. The van der Waals surface area contributed by atoms with Crippen LogP contribution >= 0.6 is 11.6 Å². The number of carbonyl (C=O) groups is 1. The molecule has 18 heteroatoms. The Hall–Kier alpha value is -4.51. The van der Waals surface area contributed by atoms with Gasteiger partial charge in [0.05, 0.1) is 34.2 Å². The van der Waals surface area contributed by atoms with Crippen LogP contribution in [0.25, 0.3) is 5.78 Å². The van der Waals surface area contributed by atoms with E-state index in [0.29, 0.717) is 68.8 Å². The predicted molar refractivity (Wildman–Crippen MR) is 167 cm³/mol. The van der Waals surface area contributed by atoms with Gasteiger partial charge in [0.1, 0.15) is 12.2 Å². The van der Waals surface area contributed by atoms with Crippen LogP contribution in [0.4, 0.5) is 36.3 Å². The van der Waals surface area contributed by atoms with Crippen LogP contribution in [-0.2, 0) is 28.7 Å². The van der Waals surface area contributed by atoms with Crippen molar-refractivity contribution in [2.75, 3.05) is 59.3 Å². The maximum atomic E-state index is 14.2. The third-order valence-corrected chi connectivity index (χ3v) is 8.46. The lowest BCUT2D eigenvalue weighted by Crippen LogP contribution is -2.49. The summed E-state index contributed by atoms with van der Waals surface area (Å²) in [6.45, 7) is 7.96. The van der Waals surface area contributed by atoms with E-state index in [4.69, 9.17) is 25.8 Å². The van der Waals surface area contributed by atoms with Crippen LogP contribution < -0.4 is 25.6 Å². The monoisotopic (exact) mass is 679 g/mol. The Morgan fingerprint density at radius 1 is 1.11 bits per heavy atom. The van der Waals surface area contributed by atoms with E-state index < -0.39 is 23.2 Å². The molecule has 2 atom stereocenters. The van der Waals surface area contributed by atoms with E-state index >= 15 is 0 Å². The molecule has 2 N–H and O–H groups in total. The SMILES string of the molecule is CCc1c(N2CCN(c3nocc3O)CC2)c(=O)n2nc(N3C[C@@H](C)O[C@@H](C)C3)nc2n1CC(=O)Nc1ccc(C(F)(F)F)cc1Cl. The summed E-state index contributed by atoms with van der Waals surface area (Å²) in [6, 6.07) is 2.68. The number of morpholine rings is 1. The van der Waals surface area contributed by atoms with Gasteiger partial charge in [-0.1, -0.05) is 23.7 Å². The second-order valence-corrected chi connectivity index (χ2v) is 12.0. The van der Waals surface area contributed by atoms with Crippen molar-refractivity contribution in [3.8, 4) is 5.75 Å². The first kappa shape index (κ1) is 32.4. The summed E-state index contributed by atoms with van der Waals surface area (Å²) in [5.74, 6) is 0.0633. The van der Waals surface area contributed by atoms with Crippen molar-refractivity contribution >= 4 is 46.4 Å². The molecular weight excluding hydrogens is 647 g/mol. The first-order valence-electron chi connectivity index (χ1n) is 15.1. The molecule has 1 amide bonds. The number of hydrogen-bond acceptors (Lipinski definition) is 11. The van der Waals surface area contributed by atoms with E-state index in [-0.39, 0.29) is 41.0 Å². The number of piperazine rings is 1. The topological polar surface area (TPSA) is 146 Å². The third-order valence-electron chi connectivity index (χ3n) is 8.15. The van der Waals surface area contributed by atoms with Crippen molar-refractivity contribution < 1.29 is 32.3 Å². The van der Waals surface area contributed by atoms with E-state index in [1.807, 2.05) is 35.5 Å². The Morgan fingerprint density at radius 2 is 1.79 bits per heavy atom. The molecule has 0 radical (unpaired) electrons. The summed E-state index contributed by atoms with van der Waals surface area (Å²) >= 11 is 6.11. The minimum Gasteiger partial charge on any atom is -0.502 e. The summed E-state index contributed by atoms with van der Waals surface area (Å²) in [4.78, 5) is 38.0. The fourth-order valence-electron chi connectivity index (χ4n) is 6.11. The molecule has 0 spiro atoms. The Labute approximate surface area is 271 Å². The molecule has 0 aliphatic carbocycles. The van der Waals surface area contributed by atoms with Crippen LogP contribution in [0.5, 0.6) is 5.75 Å². The zero-order valence-electron chi connectivity index (χ0n) is 25.8. The van der Waals surface area contributed by atoms with E-state index in [0.717, 1.165) is 24.5 Å². The van der Waals surface area contributed by atoms with Gasteiger partial charge in [-0.05, 0) is 38.5 Å². The predicted octanol–water partition coefficient (Wildman–Crippen LogP) is 3.40. The highest BCUT2D eigenvalue weighted by Crippen LogP contribution is 2.34. The highest BCUT2D eigenvalue weighted by molar-refractivity contribution is 6.33. The number of aromatic hydroxyl groups is 1. The van der Waals surface area contributed by atoms with Gasteiger partial charge in [0.2, 0.25) is 29.2 Å². The van der Waals surface area contributed by atoms with Crippen molar-refractivity contribution in [3.05, 3.63) is 51.1 Å². The average molecular weight is 680 g/mol. The number of ether oxygens (including phenoxy) is 1. The van der Waals surface area contributed by atoms with Crippen molar-refractivity contribution in [3.63, 3.8) is 0 Å². The van der Waals surface area contributed by atoms with Gasteiger partial charge in [0, 0.05) is 39.3 Å². The molecule has 4 aromatic rings. The molecule has 0 saturated carbocycles. The van der Waals surface area contributed by atoms with Gasteiger partial charge in [-0.15, -0.1) is 5.10 Å². The van der Waals surface area contributed by atoms with Crippen LogP contribution in [0.2, 0.25) is 5.02 Å². The molecule has 0 bridgehead atoms. The lowest BCUT2D eigenvalue weighted by atomic mass is 10.2. The molecule has 1 aromatic carbocycles. The highest BCUT2D eigenvalue weighted by Gasteiger charge is 2.32. The number of amides is 1. The largest absolute Gasteiger partial charge is 0.502 e. The Balaban J connectivity index is 1.38. The maximum absolute atomic E-state index is 14.2. The van der Waals surface area contributed by atoms with Crippen LogP contribution in [0.1, 0.15) is 32.0 Å². The van der Waals surface area contributed by atoms with E-state index in [2.05, 4.69) is 15.6 Å². The fraction of sp³-hybridized carbons (Fsp3) is 0.483. The fourth-order valence-corrected chi connectivity index (χ4v) is 6.34. The van der Waals surface area contributed by atoms with Gasteiger partial charge in [-0.2, -0.15) is 22.7 Å². The first-order chi connectivity index (χ1) is 22.3. The van der Waals surface area contributed by atoms with Crippen LogP contribution in [0.15, 0.2) is 33.8 Å². The summed E-state index contributed by atoms with van der Waals surface area (Å²) in [7, 11) is 0. The Morgan fingerprint density at radius 3 is 2.38 bits per heavy atom. The van der Waals surface area contributed by atoms with E-state index in [9.17, 15) is 27.9 Å². The standard InChI is InChI=1S/C29H33ClF3N9O5/c1-4-21-24(38-7-9-39(10-8-38)25-22(43)15-46-37-25)26(45)42-28(35-27(36-42)40-12-16(2)47-17(3)13-40)41(21)14-23(44)34-20-6-5-18(11-19(20)30)29(31,32)33/h5-6,11,15-17,43H,4,7-10,12-14H2,1-3H3,(H,34,44)/t16-,17+. The molecule has 2 fully saturated rings. The number of aromatic nitrogens is 5. The number of anilines is 4. The smallest absolute Gasteiger partial charge is 0.416 e. The normalized spacial score (nSPS) is 19.1. The number of hydrogen-bond donors (Lipinski definition) is 2. The average Bonchev–Trinajstić information content (AvgIpc) is 3.66. The van der Waals surface area contributed by atoms with Gasteiger partial charge in [0.25, 0.3) is 5.56 Å². The molecule has 47 heavy (non-hydrogen) atoms. The molecule has 2 saturated heterocycles. The van der Waals surface area contributed by atoms with Crippen molar-refractivity contribution in [1.29, 1.82) is 0 Å². The first-order valence-corrected chi connectivity index (χ1v) is 15.4. The zero-order chi connectivity index (χ0) is 33.6. The van der Waals surface area contributed by atoms with Gasteiger partial charge in [-0.25, -0.2) is 0 Å². The minimum atomic E-state index is -4.59. The van der Waals surface area contributed by atoms with E-state index in [1.165, 1.54) is 4.52 Å². The molecule has 252 valence electrons. The van der Waals surface area contributed by atoms with Crippen LogP contribution in [-0.4, -0.2) is 86.8 Å². The number of benzene rings is 1. The molecule has 6 rings (SSSR count). The third kappa shape index (κ3) is 6.41. The summed E-state index contributed by atoms with van der Waals surface area (Å²) in [5.41, 5.74) is -0.487. The highest BCUT2D eigenvalue weighted by atomic mass is 35.5. The number of alkyl halides is 3. The van der Waals surface area contributed by atoms with Crippen LogP contribution in [0, 0.1) is 0 Å². The minimum absolute atomic E-state index is 0.00526. The van der Waals surface area contributed by atoms with Crippen molar-refractivity contribution in [2.24, 2.45) is 0 Å². The van der Waals surface area contributed by atoms with Crippen LogP contribution in [0.3, 0.4) is 0 Å². The zero-order valence-corrected chi connectivity index (χ0v) is 26.5. The Bertz CT molecular complexity index is 1840. The molecule has 0 unspecified atom stereocenters. The number of fused-ring (bicyclic) bond motifs is 1. The summed E-state index contributed by atoms with van der Waals surface area (Å²) in [6.07, 6.45) is -3.32. The van der Waals surface area contributed by atoms with Gasteiger partial charge < -0.3 is 39.0 Å². The van der Waals surface area contributed by atoms with Gasteiger partial charge in [0.15, 0.2) is 6.26 Å². The molecule has 2 aliphatic heterocycles. The quantitative estimate of drug-likeness (QED) is 0.296. The van der Waals surface area contributed by atoms with Crippen molar-refractivity contribution in [1.82, 2.24) is 24.3 Å².